The standard InChI is InChI=1S/C21H22ClFN4O2/c22-18-14-27(12-15-5-4-6-16(23)11-15)25-20(18)24-21(28)19-8-7-17(29-19)13-26-9-2-1-3-10-26/h4-8,11,14H,1-3,9-10,12-13H2,(H,24,25,28). The first-order chi connectivity index (χ1) is 14.1. The zero-order chi connectivity index (χ0) is 20.2. The van der Waals surface area contributed by atoms with E-state index < -0.39 is 5.91 Å². The van der Waals surface area contributed by atoms with E-state index in [0.717, 1.165) is 24.4 Å². The Kier molecular flexibility index (Phi) is 5.97. The second kappa shape index (κ2) is 8.80. The Morgan fingerprint density at radius 2 is 2.00 bits per heavy atom. The number of nitrogens with zero attached hydrogens (tertiary/aromatic N) is 3. The number of likely N-dealkylation sites (tertiary alicyclic amines) is 1. The number of furan rings is 1. The number of halogens is 2. The number of anilines is 1. The summed E-state index contributed by atoms with van der Waals surface area (Å²) in [6.07, 6.45) is 5.26. The van der Waals surface area contributed by atoms with Crippen molar-refractivity contribution in [2.75, 3.05) is 18.4 Å². The molecule has 0 aliphatic carbocycles. The lowest BCUT2D eigenvalue weighted by molar-refractivity contribution is 0.0991. The van der Waals surface area contributed by atoms with Crippen LogP contribution in [-0.2, 0) is 13.1 Å². The lowest BCUT2D eigenvalue weighted by Gasteiger charge is -2.25. The van der Waals surface area contributed by atoms with Gasteiger partial charge < -0.3 is 9.73 Å². The molecule has 8 heteroatoms. The Bertz CT molecular complexity index is 994. The smallest absolute Gasteiger partial charge is 0.292 e. The van der Waals surface area contributed by atoms with Gasteiger partial charge in [0.1, 0.15) is 16.6 Å². The predicted octanol–water partition coefficient (Wildman–Crippen LogP) is 4.56. The number of hydrogen-bond donors (Lipinski definition) is 1. The average Bonchev–Trinajstić information content (AvgIpc) is 3.29. The molecule has 0 radical (unpaired) electrons. The number of amides is 1. The summed E-state index contributed by atoms with van der Waals surface area (Å²) in [5.74, 6) is 0.495. The summed E-state index contributed by atoms with van der Waals surface area (Å²) in [6, 6.07) is 9.73. The molecule has 152 valence electrons. The number of rotatable bonds is 6. The van der Waals surface area contributed by atoms with E-state index in [-0.39, 0.29) is 17.4 Å². The zero-order valence-electron chi connectivity index (χ0n) is 15.9. The van der Waals surface area contributed by atoms with E-state index in [9.17, 15) is 9.18 Å². The largest absolute Gasteiger partial charge is 0.455 e. The Labute approximate surface area is 173 Å². The second-order valence-electron chi connectivity index (χ2n) is 7.21. The van der Waals surface area contributed by atoms with Gasteiger partial charge in [0.15, 0.2) is 11.6 Å². The van der Waals surface area contributed by atoms with Gasteiger partial charge in [-0.2, -0.15) is 5.10 Å². The van der Waals surface area contributed by atoms with Crippen molar-refractivity contribution in [3.8, 4) is 0 Å². The van der Waals surface area contributed by atoms with Crippen LogP contribution >= 0.6 is 11.6 Å². The molecule has 1 aliphatic heterocycles. The molecule has 3 heterocycles. The van der Waals surface area contributed by atoms with Crippen molar-refractivity contribution < 1.29 is 13.6 Å². The summed E-state index contributed by atoms with van der Waals surface area (Å²) >= 11 is 6.20. The molecule has 29 heavy (non-hydrogen) atoms. The van der Waals surface area contributed by atoms with E-state index in [0.29, 0.717) is 18.1 Å². The summed E-state index contributed by atoms with van der Waals surface area (Å²) in [7, 11) is 0. The summed E-state index contributed by atoms with van der Waals surface area (Å²) in [5.41, 5.74) is 0.746. The van der Waals surface area contributed by atoms with Crippen LogP contribution < -0.4 is 5.32 Å². The van der Waals surface area contributed by atoms with Crippen molar-refractivity contribution in [2.24, 2.45) is 0 Å². The van der Waals surface area contributed by atoms with Crippen LogP contribution in [0.4, 0.5) is 10.2 Å². The van der Waals surface area contributed by atoms with Crippen LogP contribution in [0.3, 0.4) is 0 Å². The molecular weight excluding hydrogens is 395 g/mol. The van der Waals surface area contributed by atoms with E-state index in [1.807, 2.05) is 6.07 Å². The minimum Gasteiger partial charge on any atom is -0.455 e. The molecule has 2 aromatic heterocycles. The highest BCUT2D eigenvalue weighted by Crippen LogP contribution is 2.22. The molecule has 0 bridgehead atoms. The lowest BCUT2D eigenvalue weighted by Crippen LogP contribution is -2.28. The van der Waals surface area contributed by atoms with Crippen LogP contribution in [0.1, 0.15) is 41.1 Å². The quantitative estimate of drug-likeness (QED) is 0.640. The fourth-order valence-electron chi connectivity index (χ4n) is 3.48. The van der Waals surface area contributed by atoms with Gasteiger partial charge in [-0.25, -0.2) is 4.39 Å². The first-order valence-electron chi connectivity index (χ1n) is 9.66. The highest BCUT2D eigenvalue weighted by Gasteiger charge is 2.17. The summed E-state index contributed by atoms with van der Waals surface area (Å²) < 4.78 is 20.6. The molecule has 1 fully saturated rings. The molecule has 6 nitrogen and oxygen atoms in total. The molecule has 0 unspecified atom stereocenters. The third-order valence-corrected chi connectivity index (χ3v) is 5.17. The number of piperidine rings is 1. The van der Waals surface area contributed by atoms with Gasteiger partial charge in [-0.05, 0) is 55.8 Å². The van der Waals surface area contributed by atoms with Crippen molar-refractivity contribution >= 4 is 23.3 Å². The summed E-state index contributed by atoms with van der Waals surface area (Å²) in [5, 5.41) is 7.26. The monoisotopic (exact) mass is 416 g/mol. The van der Waals surface area contributed by atoms with E-state index in [2.05, 4.69) is 15.3 Å². The van der Waals surface area contributed by atoms with Gasteiger partial charge in [-0.3, -0.25) is 14.4 Å². The number of carbonyl (C=O) groups is 1. The predicted molar refractivity (Wildman–Crippen MR) is 109 cm³/mol. The second-order valence-corrected chi connectivity index (χ2v) is 7.62. The first kappa shape index (κ1) is 19.7. The normalized spacial score (nSPS) is 14.8. The number of hydrogen-bond acceptors (Lipinski definition) is 4. The number of carbonyl (C=O) groups excluding carboxylic acids is 1. The highest BCUT2D eigenvalue weighted by molar-refractivity contribution is 6.33. The van der Waals surface area contributed by atoms with Crippen LogP contribution in [-0.4, -0.2) is 33.7 Å². The molecule has 0 saturated carbocycles. The maximum absolute atomic E-state index is 13.3. The highest BCUT2D eigenvalue weighted by atomic mass is 35.5. The maximum Gasteiger partial charge on any atom is 0.292 e. The Hall–Kier alpha value is -2.64. The van der Waals surface area contributed by atoms with Gasteiger partial charge in [0, 0.05) is 6.20 Å². The third-order valence-electron chi connectivity index (χ3n) is 4.90. The fraction of sp³-hybridized carbons (Fsp3) is 0.333. The minimum atomic E-state index is -0.409. The molecule has 4 rings (SSSR count). The topological polar surface area (TPSA) is 63.3 Å². The van der Waals surface area contributed by atoms with Gasteiger partial charge in [-0.15, -0.1) is 0 Å². The van der Waals surface area contributed by atoms with Crippen molar-refractivity contribution in [3.05, 3.63) is 70.5 Å². The first-order valence-corrected chi connectivity index (χ1v) is 10.0. The molecule has 0 spiro atoms. The van der Waals surface area contributed by atoms with Crippen LogP contribution in [0, 0.1) is 5.82 Å². The van der Waals surface area contributed by atoms with E-state index >= 15 is 0 Å². The van der Waals surface area contributed by atoms with Crippen molar-refractivity contribution in [3.63, 3.8) is 0 Å². The lowest BCUT2D eigenvalue weighted by atomic mass is 10.1. The van der Waals surface area contributed by atoms with Gasteiger partial charge in [0.05, 0.1) is 13.1 Å². The molecule has 1 amide bonds. The maximum atomic E-state index is 13.3. The molecule has 1 aromatic carbocycles. The van der Waals surface area contributed by atoms with E-state index in [4.69, 9.17) is 16.0 Å². The molecule has 1 saturated heterocycles. The van der Waals surface area contributed by atoms with Crippen LogP contribution in [0.5, 0.6) is 0 Å². The molecular formula is C21H22ClFN4O2. The fourth-order valence-corrected chi connectivity index (χ4v) is 3.67. The third kappa shape index (κ3) is 5.05. The Morgan fingerprint density at radius 1 is 1.17 bits per heavy atom. The molecule has 1 aliphatic rings. The van der Waals surface area contributed by atoms with Crippen LogP contribution in [0.2, 0.25) is 5.02 Å². The van der Waals surface area contributed by atoms with Gasteiger partial charge in [-0.1, -0.05) is 30.2 Å². The Balaban J connectivity index is 1.39. The van der Waals surface area contributed by atoms with Gasteiger partial charge in [0.25, 0.3) is 5.91 Å². The summed E-state index contributed by atoms with van der Waals surface area (Å²) in [6.45, 7) is 3.16. The van der Waals surface area contributed by atoms with Crippen molar-refractivity contribution in [1.29, 1.82) is 0 Å². The van der Waals surface area contributed by atoms with Crippen LogP contribution in [0.15, 0.2) is 47.0 Å². The van der Waals surface area contributed by atoms with Gasteiger partial charge in [0.2, 0.25) is 0 Å². The summed E-state index contributed by atoms with van der Waals surface area (Å²) in [4.78, 5) is 14.8. The van der Waals surface area contributed by atoms with Gasteiger partial charge >= 0.3 is 0 Å². The Morgan fingerprint density at radius 3 is 2.79 bits per heavy atom. The van der Waals surface area contributed by atoms with E-state index in [1.54, 1.807) is 29.1 Å². The number of nitrogens with one attached hydrogen (secondary N) is 1. The zero-order valence-corrected chi connectivity index (χ0v) is 16.7. The average molecular weight is 417 g/mol. The minimum absolute atomic E-state index is 0.216. The van der Waals surface area contributed by atoms with Crippen molar-refractivity contribution in [2.45, 2.75) is 32.4 Å². The van der Waals surface area contributed by atoms with E-state index in [1.165, 1.54) is 31.4 Å². The number of aromatic nitrogens is 2. The SMILES string of the molecule is O=C(Nc1nn(Cc2cccc(F)c2)cc1Cl)c1ccc(CN2CCCCC2)o1. The van der Waals surface area contributed by atoms with Crippen LogP contribution in [0.25, 0.3) is 0 Å². The molecule has 3 aromatic rings. The van der Waals surface area contributed by atoms with Crippen molar-refractivity contribution in [1.82, 2.24) is 14.7 Å². The number of benzene rings is 1. The molecule has 1 N–H and O–H groups in total. The molecule has 0 atom stereocenters.